The number of halogens is 2. The molecule has 1 aromatic heterocycles. The Morgan fingerprint density at radius 3 is 2.79 bits per heavy atom. The Morgan fingerprint density at radius 2 is 2.29 bits per heavy atom. The summed E-state index contributed by atoms with van der Waals surface area (Å²) in [4.78, 5) is 13.6. The number of aromatic nitrogens is 1. The number of nitrogens with one attached hydrogen (secondary N) is 1. The molecule has 0 radical (unpaired) electrons. The molecular formula is C8H7F2N3O. The molecule has 0 saturated heterocycles. The van der Waals surface area contributed by atoms with Gasteiger partial charge in [-0.25, -0.2) is 8.78 Å². The van der Waals surface area contributed by atoms with Crippen LogP contribution in [0.25, 0.3) is 0 Å². The highest BCUT2D eigenvalue weighted by molar-refractivity contribution is 5.41. The quantitative estimate of drug-likeness (QED) is 0.744. The van der Waals surface area contributed by atoms with Crippen LogP contribution in [0.3, 0.4) is 0 Å². The lowest BCUT2D eigenvalue weighted by Crippen LogP contribution is -2.18. The summed E-state index contributed by atoms with van der Waals surface area (Å²) in [6.45, 7) is 0. The highest BCUT2D eigenvalue weighted by Crippen LogP contribution is 2.19. The summed E-state index contributed by atoms with van der Waals surface area (Å²) in [6, 6.07) is 1.68. The predicted molar refractivity (Wildman–Crippen MR) is 45.7 cm³/mol. The number of nitrogens with zero attached hydrogens (tertiary/aromatic N) is 1. The maximum absolute atomic E-state index is 12.4. The summed E-state index contributed by atoms with van der Waals surface area (Å²) in [5, 5.41) is 8.34. The van der Waals surface area contributed by atoms with Gasteiger partial charge in [0.1, 0.15) is 0 Å². The van der Waals surface area contributed by atoms with Gasteiger partial charge in [-0.1, -0.05) is 0 Å². The van der Waals surface area contributed by atoms with Crippen LogP contribution in [0.15, 0.2) is 11.0 Å². The molecule has 0 saturated carbocycles. The molecule has 3 N–H and O–H groups in total. The Balaban J connectivity index is 3.39. The van der Waals surface area contributed by atoms with Crippen molar-refractivity contribution in [3.63, 3.8) is 0 Å². The Kier molecular flexibility index (Phi) is 2.82. The van der Waals surface area contributed by atoms with Gasteiger partial charge in [0.05, 0.1) is 23.7 Å². The molecule has 0 amide bonds. The van der Waals surface area contributed by atoms with Crippen molar-refractivity contribution in [2.45, 2.75) is 12.8 Å². The maximum atomic E-state index is 12.4. The SMILES string of the molecule is N#CCc1[nH]cc(N)c(=O)c1C(F)F. The van der Waals surface area contributed by atoms with E-state index in [0.29, 0.717) is 0 Å². The molecule has 0 aliphatic heterocycles. The monoisotopic (exact) mass is 199 g/mol. The number of rotatable bonds is 2. The number of aromatic amines is 1. The molecule has 1 aromatic rings. The lowest BCUT2D eigenvalue weighted by atomic mass is 10.1. The van der Waals surface area contributed by atoms with Crippen LogP contribution in [0, 0.1) is 11.3 Å². The number of hydrogen-bond donors (Lipinski definition) is 2. The van der Waals surface area contributed by atoms with Crippen LogP contribution in [0.1, 0.15) is 17.7 Å². The van der Waals surface area contributed by atoms with Crippen molar-refractivity contribution in [3.05, 3.63) is 27.7 Å². The van der Waals surface area contributed by atoms with Crippen molar-refractivity contribution in [3.8, 4) is 6.07 Å². The largest absolute Gasteiger partial charge is 0.394 e. The molecule has 0 unspecified atom stereocenters. The molecule has 4 nitrogen and oxygen atoms in total. The molecule has 74 valence electrons. The maximum Gasteiger partial charge on any atom is 0.269 e. The van der Waals surface area contributed by atoms with E-state index in [9.17, 15) is 13.6 Å². The van der Waals surface area contributed by atoms with E-state index < -0.39 is 17.4 Å². The minimum atomic E-state index is -2.93. The van der Waals surface area contributed by atoms with Crippen LogP contribution < -0.4 is 11.2 Å². The summed E-state index contributed by atoms with van der Waals surface area (Å²) in [5.41, 5.74) is 3.18. The van der Waals surface area contributed by atoms with Gasteiger partial charge in [-0.15, -0.1) is 0 Å². The van der Waals surface area contributed by atoms with E-state index in [4.69, 9.17) is 11.0 Å². The zero-order valence-electron chi connectivity index (χ0n) is 7.05. The normalized spacial score (nSPS) is 10.1. The Labute approximate surface area is 78.0 Å². The second-order valence-electron chi connectivity index (χ2n) is 2.60. The topological polar surface area (TPSA) is 82.7 Å². The van der Waals surface area contributed by atoms with Crippen molar-refractivity contribution in [1.29, 1.82) is 5.26 Å². The number of nitrogen functional groups attached to an aromatic ring is 1. The lowest BCUT2D eigenvalue weighted by molar-refractivity contribution is 0.148. The molecule has 1 rings (SSSR count). The van der Waals surface area contributed by atoms with Crippen molar-refractivity contribution in [2.75, 3.05) is 5.73 Å². The van der Waals surface area contributed by atoms with E-state index in [0.717, 1.165) is 6.20 Å². The number of anilines is 1. The minimum absolute atomic E-state index is 0.0818. The van der Waals surface area contributed by atoms with Crippen LogP contribution >= 0.6 is 0 Å². The summed E-state index contributed by atoms with van der Waals surface area (Å²) in [6.07, 6.45) is -2.08. The molecule has 6 heteroatoms. The molecule has 0 aromatic carbocycles. The molecule has 14 heavy (non-hydrogen) atoms. The number of pyridine rings is 1. The third-order valence-electron chi connectivity index (χ3n) is 1.71. The van der Waals surface area contributed by atoms with Crippen LogP contribution in [0.4, 0.5) is 14.5 Å². The number of hydrogen-bond acceptors (Lipinski definition) is 3. The number of alkyl halides is 2. The third kappa shape index (κ3) is 1.71. The van der Waals surface area contributed by atoms with Crippen LogP contribution in [0.2, 0.25) is 0 Å². The molecule has 0 aliphatic carbocycles. The van der Waals surface area contributed by atoms with Gasteiger partial charge in [-0.05, 0) is 0 Å². The van der Waals surface area contributed by atoms with Gasteiger partial charge in [0.25, 0.3) is 6.43 Å². The zero-order chi connectivity index (χ0) is 10.7. The first kappa shape index (κ1) is 10.2. The second-order valence-corrected chi connectivity index (χ2v) is 2.60. The van der Waals surface area contributed by atoms with Gasteiger partial charge >= 0.3 is 0 Å². The van der Waals surface area contributed by atoms with Gasteiger partial charge in [-0.3, -0.25) is 4.79 Å². The van der Waals surface area contributed by atoms with Crippen LogP contribution in [-0.2, 0) is 6.42 Å². The Bertz CT molecular complexity index is 433. The summed E-state index contributed by atoms with van der Waals surface area (Å²) >= 11 is 0. The first-order valence-electron chi connectivity index (χ1n) is 3.73. The Hall–Kier alpha value is -1.90. The molecule has 0 spiro atoms. The van der Waals surface area contributed by atoms with Gasteiger partial charge in [0.15, 0.2) is 0 Å². The number of nitrogens with two attached hydrogens (primary N) is 1. The zero-order valence-corrected chi connectivity index (χ0v) is 7.05. The summed E-state index contributed by atoms with van der Waals surface area (Å²) in [7, 11) is 0. The van der Waals surface area contributed by atoms with Crippen LogP contribution in [-0.4, -0.2) is 4.98 Å². The van der Waals surface area contributed by atoms with Gasteiger partial charge in [0.2, 0.25) is 5.43 Å². The van der Waals surface area contributed by atoms with E-state index in [-0.39, 0.29) is 17.8 Å². The van der Waals surface area contributed by atoms with Crippen molar-refractivity contribution in [2.24, 2.45) is 0 Å². The Morgan fingerprint density at radius 1 is 1.64 bits per heavy atom. The smallest absolute Gasteiger partial charge is 0.269 e. The van der Waals surface area contributed by atoms with Gasteiger partial charge in [-0.2, -0.15) is 5.26 Å². The second kappa shape index (κ2) is 3.87. The van der Waals surface area contributed by atoms with E-state index in [2.05, 4.69) is 4.98 Å². The average molecular weight is 199 g/mol. The minimum Gasteiger partial charge on any atom is -0.394 e. The standard InChI is InChI=1S/C8H7F2N3O/c9-8(10)6-5(1-2-11)13-3-4(12)7(6)14/h3,8H,1,12H2,(H,13,14). The predicted octanol–water partition coefficient (Wildman–Crippen LogP) is 0.961. The van der Waals surface area contributed by atoms with Crippen molar-refractivity contribution < 1.29 is 8.78 Å². The molecule has 0 bridgehead atoms. The molecular weight excluding hydrogens is 192 g/mol. The van der Waals surface area contributed by atoms with Crippen molar-refractivity contribution in [1.82, 2.24) is 4.98 Å². The number of nitriles is 1. The lowest BCUT2D eigenvalue weighted by Gasteiger charge is -2.05. The van der Waals surface area contributed by atoms with Crippen molar-refractivity contribution >= 4 is 5.69 Å². The highest BCUT2D eigenvalue weighted by atomic mass is 19.3. The van der Waals surface area contributed by atoms with E-state index in [1.54, 1.807) is 6.07 Å². The molecule has 0 atom stereocenters. The van der Waals surface area contributed by atoms with E-state index in [1.165, 1.54) is 0 Å². The van der Waals surface area contributed by atoms with E-state index >= 15 is 0 Å². The highest BCUT2D eigenvalue weighted by Gasteiger charge is 2.18. The average Bonchev–Trinajstić information content (AvgIpc) is 2.11. The summed E-state index contributed by atoms with van der Waals surface area (Å²) < 4.78 is 24.8. The number of H-pyrrole nitrogens is 1. The summed E-state index contributed by atoms with van der Waals surface area (Å²) in [5.74, 6) is 0. The molecule has 1 heterocycles. The first-order valence-corrected chi connectivity index (χ1v) is 3.73. The fourth-order valence-electron chi connectivity index (χ4n) is 1.06. The van der Waals surface area contributed by atoms with Crippen LogP contribution in [0.5, 0.6) is 0 Å². The van der Waals surface area contributed by atoms with Gasteiger partial charge < -0.3 is 10.7 Å². The molecule has 0 fully saturated rings. The van der Waals surface area contributed by atoms with E-state index in [1.807, 2.05) is 0 Å². The van der Waals surface area contributed by atoms with Gasteiger partial charge in [0, 0.05) is 11.9 Å². The fraction of sp³-hybridized carbons (Fsp3) is 0.250. The fourth-order valence-corrected chi connectivity index (χ4v) is 1.06. The third-order valence-corrected chi connectivity index (χ3v) is 1.71. The first-order chi connectivity index (χ1) is 6.57. The molecule has 0 aliphatic rings.